The Labute approximate surface area is 347 Å². The van der Waals surface area contributed by atoms with Crippen LogP contribution >= 0.6 is 0 Å². The first-order valence-electron chi connectivity index (χ1n) is 21.8. The van der Waals surface area contributed by atoms with Gasteiger partial charge in [0.15, 0.2) is 0 Å². The van der Waals surface area contributed by atoms with E-state index in [4.69, 9.17) is 0 Å². The summed E-state index contributed by atoms with van der Waals surface area (Å²) in [7, 11) is 0. The Morgan fingerprint density at radius 2 is 1.09 bits per heavy atom. The van der Waals surface area contributed by atoms with Crippen LogP contribution in [0.5, 0.6) is 0 Å². The Bertz CT molecular complexity index is 2580. The zero-order chi connectivity index (χ0) is 40.4. The topological polar surface area (TPSA) is 9.72 Å². The summed E-state index contributed by atoms with van der Waals surface area (Å²) in [5.74, 6) is 0. The maximum atomic E-state index is 2.78. The predicted molar refractivity (Wildman–Crippen MR) is 250 cm³/mol. The van der Waals surface area contributed by atoms with Crippen LogP contribution in [0.1, 0.15) is 110 Å². The van der Waals surface area contributed by atoms with E-state index in [1.807, 2.05) is 0 Å². The molecular weight excluding hydrogens is 701 g/mol. The minimum absolute atomic E-state index is 0.0420. The Morgan fingerprint density at radius 1 is 0.500 bits per heavy atom. The second-order valence-electron chi connectivity index (χ2n) is 20.2. The number of benzene rings is 6. The summed E-state index contributed by atoms with van der Waals surface area (Å²) in [5, 5.41) is 0. The van der Waals surface area contributed by atoms with Crippen molar-refractivity contribution in [2.45, 2.75) is 116 Å². The molecule has 0 bridgehead atoms. The average molecular weight is 760 g/mol. The molecule has 4 heteroatoms. The lowest BCUT2D eigenvalue weighted by molar-refractivity contribution is 0.261. The highest BCUT2D eigenvalue weighted by Gasteiger charge is 2.57. The van der Waals surface area contributed by atoms with Gasteiger partial charge in [-0.2, -0.15) is 0 Å². The number of nitrogens with zero attached hydrogens (tertiary/aromatic N) is 3. The van der Waals surface area contributed by atoms with Crippen molar-refractivity contribution in [3.63, 3.8) is 0 Å². The molecule has 0 aromatic heterocycles. The van der Waals surface area contributed by atoms with Crippen molar-refractivity contribution in [1.29, 1.82) is 0 Å². The van der Waals surface area contributed by atoms with Gasteiger partial charge in [-0.1, -0.05) is 134 Å². The van der Waals surface area contributed by atoms with E-state index in [1.165, 1.54) is 116 Å². The summed E-state index contributed by atoms with van der Waals surface area (Å²) in [4.78, 5) is 7.88. The summed E-state index contributed by atoms with van der Waals surface area (Å²) in [6.45, 7) is 21.5. The third-order valence-electron chi connectivity index (χ3n) is 14.6. The van der Waals surface area contributed by atoms with Crippen molar-refractivity contribution in [3.05, 3.63) is 150 Å². The molecule has 292 valence electrons. The van der Waals surface area contributed by atoms with Crippen LogP contribution < -0.4 is 31.1 Å². The molecule has 6 aromatic rings. The quantitative estimate of drug-likeness (QED) is 0.166. The molecule has 1 aliphatic carbocycles. The first kappa shape index (κ1) is 37.1. The lowest BCUT2D eigenvalue weighted by Crippen LogP contribution is -2.61. The van der Waals surface area contributed by atoms with Gasteiger partial charge in [0.25, 0.3) is 6.71 Å². The van der Waals surface area contributed by atoms with Gasteiger partial charge in [0.2, 0.25) is 0 Å². The average Bonchev–Trinajstić information content (AvgIpc) is 3.26. The number of rotatable bonds is 3. The van der Waals surface area contributed by atoms with E-state index in [1.54, 1.807) is 0 Å². The lowest BCUT2D eigenvalue weighted by Gasteiger charge is -2.47. The van der Waals surface area contributed by atoms with E-state index in [2.05, 4.69) is 204 Å². The predicted octanol–water partition coefficient (Wildman–Crippen LogP) is 12.8. The van der Waals surface area contributed by atoms with Crippen LogP contribution in [0, 0.1) is 6.92 Å². The van der Waals surface area contributed by atoms with E-state index in [-0.39, 0.29) is 28.5 Å². The van der Waals surface area contributed by atoms with Gasteiger partial charge >= 0.3 is 0 Å². The van der Waals surface area contributed by atoms with Gasteiger partial charge in [-0.25, -0.2) is 0 Å². The number of para-hydroxylation sites is 2. The first-order valence-corrected chi connectivity index (χ1v) is 21.8. The molecule has 0 saturated heterocycles. The van der Waals surface area contributed by atoms with Gasteiger partial charge in [0, 0.05) is 50.9 Å². The second kappa shape index (κ2) is 12.9. The molecule has 2 unspecified atom stereocenters. The molecule has 3 aliphatic heterocycles. The number of fused-ring (bicyclic) bond motifs is 7. The summed E-state index contributed by atoms with van der Waals surface area (Å²) < 4.78 is 0. The summed E-state index contributed by atoms with van der Waals surface area (Å²) >= 11 is 0. The van der Waals surface area contributed by atoms with Crippen LogP contribution in [0.3, 0.4) is 0 Å². The van der Waals surface area contributed by atoms with Crippen LogP contribution in [-0.4, -0.2) is 12.3 Å². The monoisotopic (exact) mass is 759 g/mol. The SMILES string of the molecule is Cc1cc2c3c(c1)N(c1ccc(C(C)(C)C)cc1)c1cc(N4c5ccc(C(C)(C)C)cc5C5(C)CCCCCC45C)ccc1B3c1ccccc1N2c1ccccc1. The van der Waals surface area contributed by atoms with Crippen molar-refractivity contribution in [2.75, 3.05) is 14.7 Å². The lowest BCUT2D eigenvalue weighted by atomic mass is 9.33. The summed E-state index contributed by atoms with van der Waals surface area (Å²) in [6, 6.07) is 49.3. The molecule has 0 amide bonds. The molecule has 3 nitrogen and oxygen atoms in total. The maximum Gasteiger partial charge on any atom is 0.252 e. The van der Waals surface area contributed by atoms with Crippen molar-refractivity contribution >= 4 is 68.6 Å². The van der Waals surface area contributed by atoms with Gasteiger partial charge in [-0.3, -0.25) is 0 Å². The molecule has 1 saturated carbocycles. The van der Waals surface area contributed by atoms with Gasteiger partial charge in [0.1, 0.15) is 0 Å². The Kier molecular flexibility index (Phi) is 8.24. The fourth-order valence-corrected chi connectivity index (χ4v) is 11.2. The van der Waals surface area contributed by atoms with Crippen LogP contribution in [0.15, 0.2) is 127 Å². The number of hydrogen-bond acceptors (Lipinski definition) is 3. The van der Waals surface area contributed by atoms with Crippen molar-refractivity contribution in [1.82, 2.24) is 0 Å². The van der Waals surface area contributed by atoms with E-state index >= 15 is 0 Å². The number of aryl methyl sites for hydroxylation is 1. The van der Waals surface area contributed by atoms with Gasteiger partial charge < -0.3 is 14.7 Å². The van der Waals surface area contributed by atoms with Crippen molar-refractivity contribution < 1.29 is 0 Å². The minimum atomic E-state index is -0.0558. The third-order valence-corrected chi connectivity index (χ3v) is 14.6. The molecule has 6 aromatic carbocycles. The van der Waals surface area contributed by atoms with E-state index < -0.39 is 0 Å². The molecule has 2 atom stereocenters. The zero-order valence-corrected chi connectivity index (χ0v) is 36.1. The number of anilines is 8. The highest BCUT2D eigenvalue weighted by Crippen LogP contribution is 2.61. The molecule has 1 fully saturated rings. The van der Waals surface area contributed by atoms with Crippen molar-refractivity contribution in [2.24, 2.45) is 0 Å². The molecule has 4 aliphatic rings. The molecule has 58 heavy (non-hydrogen) atoms. The fourth-order valence-electron chi connectivity index (χ4n) is 11.2. The van der Waals surface area contributed by atoms with Gasteiger partial charge in [-0.05, 0) is 137 Å². The zero-order valence-electron chi connectivity index (χ0n) is 36.1. The van der Waals surface area contributed by atoms with E-state index in [0.717, 1.165) is 0 Å². The Hall–Kier alpha value is -5.22. The highest BCUT2D eigenvalue weighted by atomic mass is 15.3. The summed E-state index contributed by atoms with van der Waals surface area (Å²) in [5.41, 5.74) is 19.9. The van der Waals surface area contributed by atoms with Crippen molar-refractivity contribution in [3.8, 4) is 0 Å². The van der Waals surface area contributed by atoms with Crippen LogP contribution in [0.2, 0.25) is 0 Å². The van der Waals surface area contributed by atoms with E-state index in [9.17, 15) is 0 Å². The Morgan fingerprint density at radius 3 is 1.79 bits per heavy atom. The van der Waals surface area contributed by atoms with Crippen LogP contribution in [-0.2, 0) is 16.2 Å². The third kappa shape index (κ3) is 5.39. The molecule has 0 spiro atoms. The molecule has 3 heterocycles. The molecule has 0 N–H and O–H groups in total. The fraction of sp³-hybridized carbons (Fsp3) is 0.333. The maximum absolute atomic E-state index is 2.78. The molecule has 0 radical (unpaired) electrons. The van der Waals surface area contributed by atoms with Crippen LogP contribution in [0.4, 0.5) is 45.5 Å². The minimum Gasteiger partial charge on any atom is -0.334 e. The normalized spacial score (nSPS) is 20.8. The first-order chi connectivity index (χ1) is 27.7. The van der Waals surface area contributed by atoms with E-state index in [0.29, 0.717) is 0 Å². The van der Waals surface area contributed by atoms with Gasteiger partial charge in [0.05, 0.1) is 5.54 Å². The Balaban J connectivity index is 1.24. The molecular formula is C54H58BN3. The van der Waals surface area contributed by atoms with Crippen LogP contribution in [0.25, 0.3) is 0 Å². The highest BCUT2D eigenvalue weighted by molar-refractivity contribution is 7.00. The largest absolute Gasteiger partial charge is 0.334 e. The van der Waals surface area contributed by atoms with Gasteiger partial charge in [-0.15, -0.1) is 0 Å². The standard InChI is InChI=1S/C54H58BN3/c1-36-32-48-50-49(33-36)57(40-25-22-37(23-26-40)51(2,3)4)47-35-41(27-28-44(47)55(50)43-20-14-15-21-46(43)56(48)39-18-12-10-13-19-39)58-45-29-24-38(52(5,6)7)34-42(45)53(8)30-16-11-17-31-54(53,58)9/h10,12-15,18-29,32-35H,11,16-17,30-31H2,1-9H3. The second-order valence-corrected chi connectivity index (χ2v) is 20.2. The smallest absolute Gasteiger partial charge is 0.252 e. The summed E-state index contributed by atoms with van der Waals surface area (Å²) in [6.07, 6.45) is 6.22. The number of hydrogen-bond donors (Lipinski definition) is 0. The molecule has 10 rings (SSSR count).